The first-order valence-electron chi connectivity index (χ1n) is 7.67. The zero-order valence-electron chi connectivity index (χ0n) is 13.0. The fourth-order valence-corrected chi connectivity index (χ4v) is 2.90. The molecule has 1 aromatic carbocycles. The van der Waals surface area contributed by atoms with Crippen LogP contribution in [0.4, 0.5) is 0 Å². The molecule has 1 saturated carbocycles. The van der Waals surface area contributed by atoms with Crippen LogP contribution in [-0.4, -0.2) is 37.7 Å². The number of nitrogens with zero attached hydrogens (tertiary/aromatic N) is 1. The van der Waals surface area contributed by atoms with Crippen LogP contribution in [0.1, 0.15) is 36.9 Å². The van der Waals surface area contributed by atoms with Gasteiger partial charge in [0.25, 0.3) is 0 Å². The van der Waals surface area contributed by atoms with Gasteiger partial charge in [0.1, 0.15) is 0 Å². The van der Waals surface area contributed by atoms with E-state index in [1.54, 1.807) is 7.11 Å². The molecule has 0 spiro atoms. The zero-order valence-corrected chi connectivity index (χ0v) is 13.0. The first-order chi connectivity index (χ1) is 9.63. The van der Waals surface area contributed by atoms with Crippen molar-refractivity contribution in [2.75, 3.05) is 26.8 Å². The number of aryl methyl sites for hydroxylation is 1. The van der Waals surface area contributed by atoms with Crippen LogP contribution in [0.25, 0.3) is 0 Å². The Morgan fingerprint density at radius 1 is 1.35 bits per heavy atom. The van der Waals surface area contributed by atoms with Crippen LogP contribution in [0.15, 0.2) is 24.3 Å². The molecule has 0 bridgehead atoms. The zero-order chi connectivity index (χ0) is 14.5. The quantitative estimate of drug-likeness (QED) is 0.793. The van der Waals surface area contributed by atoms with E-state index in [4.69, 9.17) is 10.5 Å². The average Bonchev–Trinajstić information content (AvgIpc) is 3.27. The second-order valence-corrected chi connectivity index (χ2v) is 6.03. The summed E-state index contributed by atoms with van der Waals surface area (Å²) in [6.45, 7) is 7.12. The molecule has 2 N–H and O–H groups in total. The van der Waals surface area contributed by atoms with Crippen LogP contribution in [0.3, 0.4) is 0 Å². The van der Waals surface area contributed by atoms with Crippen molar-refractivity contribution in [2.45, 2.75) is 38.8 Å². The third-order valence-electron chi connectivity index (χ3n) is 4.48. The van der Waals surface area contributed by atoms with E-state index in [1.165, 1.54) is 24.0 Å². The van der Waals surface area contributed by atoms with Crippen molar-refractivity contribution in [1.29, 1.82) is 0 Å². The van der Waals surface area contributed by atoms with Crippen molar-refractivity contribution in [3.63, 3.8) is 0 Å². The van der Waals surface area contributed by atoms with Crippen LogP contribution in [0.2, 0.25) is 0 Å². The molecule has 2 atom stereocenters. The van der Waals surface area contributed by atoms with Crippen molar-refractivity contribution in [3.05, 3.63) is 35.4 Å². The van der Waals surface area contributed by atoms with Crippen molar-refractivity contribution >= 4 is 0 Å². The molecule has 0 amide bonds. The first-order valence-corrected chi connectivity index (χ1v) is 7.67. The molecule has 0 saturated heterocycles. The molecule has 1 aliphatic rings. The van der Waals surface area contributed by atoms with Gasteiger partial charge in [0.05, 0.1) is 6.61 Å². The summed E-state index contributed by atoms with van der Waals surface area (Å²) >= 11 is 0. The Kier molecular flexibility index (Phi) is 5.58. The monoisotopic (exact) mass is 276 g/mol. The molecule has 3 heteroatoms. The molecular weight excluding hydrogens is 248 g/mol. The van der Waals surface area contributed by atoms with Gasteiger partial charge in [-0.2, -0.15) is 0 Å². The van der Waals surface area contributed by atoms with Gasteiger partial charge in [0.2, 0.25) is 0 Å². The molecule has 1 aromatic rings. The van der Waals surface area contributed by atoms with Crippen molar-refractivity contribution in [3.8, 4) is 0 Å². The number of benzene rings is 1. The van der Waals surface area contributed by atoms with Crippen LogP contribution in [0.5, 0.6) is 0 Å². The van der Waals surface area contributed by atoms with E-state index in [9.17, 15) is 0 Å². The second kappa shape index (κ2) is 7.21. The van der Waals surface area contributed by atoms with Crippen molar-refractivity contribution in [2.24, 2.45) is 11.7 Å². The van der Waals surface area contributed by atoms with Gasteiger partial charge in [-0.3, -0.25) is 4.90 Å². The Balaban J connectivity index is 2.00. The van der Waals surface area contributed by atoms with Crippen LogP contribution >= 0.6 is 0 Å². The van der Waals surface area contributed by atoms with Crippen LogP contribution in [0, 0.1) is 12.8 Å². The number of hydrogen-bond acceptors (Lipinski definition) is 3. The molecule has 0 aromatic heterocycles. The number of ether oxygens (including phenoxy) is 1. The summed E-state index contributed by atoms with van der Waals surface area (Å²) in [5.41, 5.74) is 8.99. The molecular formula is C17H28N2O. The van der Waals surface area contributed by atoms with E-state index in [0.717, 1.165) is 25.6 Å². The van der Waals surface area contributed by atoms with Gasteiger partial charge in [-0.25, -0.2) is 0 Å². The van der Waals surface area contributed by atoms with E-state index < -0.39 is 0 Å². The van der Waals surface area contributed by atoms with E-state index in [0.29, 0.717) is 6.04 Å². The lowest BCUT2D eigenvalue weighted by molar-refractivity contribution is 0.112. The van der Waals surface area contributed by atoms with E-state index in [1.807, 2.05) is 0 Å². The number of methoxy groups -OCH3 is 1. The summed E-state index contributed by atoms with van der Waals surface area (Å²) in [5, 5.41) is 0. The molecule has 2 rings (SSSR count). The minimum Gasteiger partial charge on any atom is -0.383 e. The third-order valence-corrected chi connectivity index (χ3v) is 4.48. The van der Waals surface area contributed by atoms with Gasteiger partial charge in [0.15, 0.2) is 0 Å². The maximum absolute atomic E-state index is 6.44. The maximum Gasteiger partial charge on any atom is 0.0589 e. The molecule has 3 nitrogen and oxygen atoms in total. The van der Waals surface area contributed by atoms with Gasteiger partial charge in [-0.05, 0) is 43.7 Å². The maximum atomic E-state index is 6.44. The number of rotatable bonds is 8. The Labute approximate surface area is 123 Å². The predicted octanol–water partition coefficient (Wildman–Crippen LogP) is 2.74. The highest BCUT2D eigenvalue weighted by Gasteiger charge is 2.32. The highest BCUT2D eigenvalue weighted by atomic mass is 16.5. The number of nitrogens with two attached hydrogens (primary N) is 1. The SMILES string of the molecule is COCCN(CC(N)c1ccccc1C)C(C)C1CC1. The summed E-state index contributed by atoms with van der Waals surface area (Å²) in [7, 11) is 1.77. The molecule has 0 heterocycles. The Hall–Kier alpha value is -0.900. The third kappa shape index (κ3) is 4.05. The number of hydrogen-bond donors (Lipinski definition) is 1. The normalized spacial score (nSPS) is 18.2. The van der Waals surface area contributed by atoms with E-state index in [-0.39, 0.29) is 6.04 Å². The Morgan fingerprint density at radius 2 is 2.05 bits per heavy atom. The summed E-state index contributed by atoms with van der Waals surface area (Å²) in [6.07, 6.45) is 2.73. The van der Waals surface area contributed by atoms with Crippen LogP contribution < -0.4 is 5.73 Å². The standard InChI is InChI=1S/C17H28N2O/c1-13-6-4-5-7-16(13)17(18)12-19(10-11-20-3)14(2)15-8-9-15/h4-7,14-15,17H,8-12,18H2,1-3H3. The molecule has 1 fully saturated rings. The minimum atomic E-state index is 0.0780. The van der Waals surface area contributed by atoms with Gasteiger partial charge < -0.3 is 10.5 Å². The lowest BCUT2D eigenvalue weighted by Gasteiger charge is -2.32. The first kappa shape index (κ1) is 15.5. The van der Waals surface area contributed by atoms with Gasteiger partial charge in [-0.15, -0.1) is 0 Å². The van der Waals surface area contributed by atoms with Gasteiger partial charge in [0, 0.05) is 32.3 Å². The van der Waals surface area contributed by atoms with Gasteiger partial charge >= 0.3 is 0 Å². The summed E-state index contributed by atoms with van der Waals surface area (Å²) < 4.78 is 5.25. The molecule has 0 radical (unpaired) electrons. The minimum absolute atomic E-state index is 0.0780. The smallest absolute Gasteiger partial charge is 0.0589 e. The van der Waals surface area contributed by atoms with Crippen molar-refractivity contribution < 1.29 is 4.74 Å². The second-order valence-electron chi connectivity index (χ2n) is 6.03. The topological polar surface area (TPSA) is 38.5 Å². The molecule has 112 valence electrons. The fourth-order valence-electron chi connectivity index (χ4n) is 2.90. The van der Waals surface area contributed by atoms with Gasteiger partial charge in [-0.1, -0.05) is 24.3 Å². The fraction of sp³-hybridized carbons (Fsp3) is 0.647. The Morgan fingerprint density at radius 3 is 2.65 bits per heavy atom. The summed E-state index contributed by atoms with van der Waals surface area (Å²) in [4.78, 5) is 2.50. The van der Waals surface area contributed by atoms with E-state index in [2.05, 4.69) is 43.0 Å². The van der Waals surface area contributed by atoms with Crippen LogP contribution in [-0.2, 0) is 4.74 Å². The van der Waals surface area contributed by atoms with E-state index >= 15 is 0 Å². The predicted molar refractivity (Wildman–Crippen MR) is 83.7 cm³/mol. The lowest BCUT2D eigenvalue weighted by Crippen LogP contribution is -2.41. The molecule has 1 aliphatic carbocycles. The summed E-state index contributed by atoms with van der Waals surface area (Å²) in [5.74, 6) is 0.857. The molecule has 0 aliphatic heterocycles. The molecule has 2 unspecified atom stereocenters. The van der Waals surface area contributed by atoms with Crippen molar-refractivity contribution in [1.82, 2.24) is 4.90 Å². The average molecular weight is 276 g/mol. The highest BCUT2D eigenvalue weighted by Crippen LogP contribution is 2.35. The summed E-state index contributed by atoms with van der Waals surface area (Å²) in [6, 6.07) is 9.12. The Bertz CT molecular complexity index is 417. The highest BCUT2D eigenvalue weighted by molar-refractivity contribution is 5.28. The molecule has 20 heavy (non-hydrogen) atoms. The lowest BCUT2D eigenvalue weighted by atomic mass is 10.0. The largest absolute Gasteiger partial charge is 0.383 e.